The minimum atomic E-state index is -1.69. The van der Waals surface area contributed by atoms with Crippen molar-refractivity contribution in [1.82, 2.24) is 0 Å². The van der Waals surface area contributed by atoms with Gasteiger partial charge in [-0.3, -0.25) is 0 Å². The van der Waals surface area contributed by atoms with Crippen molar-refractivity contribution in [3.8, 4) is 0 Å². The Hall–Kier alpha value is 0.122. The molecule has 0 saturated heterocycles. The molecule has 0 saturated carbocycles. The van der Waals surface area contributed by atoms with Crippen LogP contribution in [0.15, 0.2) is 0 Å². The van der Waals surface area contributed by atoms with Crippen molar-refractivity contribution in [2.75, 3.05) is 6.61 Å². The predicted octanol–water partition coefficient (Wildman–Crippen LogP) is 1.96. The average molecular weight is 216 g/mol. The van der Waals surface area contributed by atoms with Crippen LogP contribution in [-0.4, -0.2) is 37.9 Å². The smallest absolute Gasteiger partial charge is 0.494 e. The topological polar surface area (TPSA) is 35.5 Å². The number of carbonyl (C=O) groups is 1. The van der Waals surface area contributed by atoms with E-state index in [0.717, 1.165) is 5.28 Å². The molecule has 0 radical (unpaired) electrons. The van der Waals surface area contributed by atoms with Gasteiger partial charge in [-0.25, -0.2) is 0 Å². The Balaban J connectivity index is 3.92. The molecule has 0 aliphatic heterocycles. The summed E-state index contributed by atoms with van der Waals surface area (Å²) in [5.41, 5.74) is 0. The van der Waals surface area contributed by atoms with Gasteiger partial charge >= 0.3 is 14.5 Å². The molecular weight excluding hydrogens is 195 g/mol. The molecular formula is C10H21AlO3. The molecule has 0 spiro atoms. The number of rotatable bonds is 7. The standard InChI is InChI=1S/C5H9O2.C3H7O.C2H5.Al/c1-5(2)7-4-3-6;1-3(2)4;1-2;/h5H,4H2,1-2H3;3H,1-2H3;1H2,2H3;/q;-1;;+1. The van der Waals surface area contributed by atoms with E-state index in [1.54, 1.807) is 0 Å². The second-order valence-electron chi connectivity index (χ2n) is 3.91. The number of hydrogen-bond acceptors (Lipinski definition) is 3. The minimum absolute atomic E-state index is 0.115. The second kappa shape index (κ2) is 7.42. The quantitative estimate of drug-likeness (QED) is 0.610. The molecule has 0 aromatic heterocycles. The number of hydrogen-bond donors (Lipinski definition) is 0. The van der Waals surface area contributed by atoms with Gasteiger partial charge < -0.3 is 13.3 Å². The average Bonchev–Trinajstić information content (AvgIpc) is 2.09. The van der Waals surface area contributed by atoms with E-state index < -0.39 is 14.5 Å². The molecule has 0 rings (SSSR count). The first-order chi connectivity index (χ1) is 6.47. The molecule has 0 heterocycles. The summed E-state index contributed by atoms with van der Waals surface area (Å²) in [7, 11) is 0. The maximum Gasteiger partial charge on any atom is 0.554 e. The highest BCUT2D eigenvalue weighted by Gasteiger charge is 2.29. The summed E-state index contributed by atoms with van der Waals surface area (Å²) in [6, 6.07) is 0. The molecule has 0 bridgehead atoms. The summed E-state index contributed by atoms with van der Waals surface area (Å²) in [4.78, 5) is 11.6. The van der Waals surface area contributed by atoms with Gasteiger partial charge in [0.1, 0.15) is 4.65 Å². The molecule has 0 aliphatic rings. The van der Waals surface area contributed by atoms with Crippen molar-refractivity contribution in [2.45, 2.75) is 52.1 Å². The van der Waals surface area contributed by atoms with Crippen LogP contribution >= 0.6 is 0 Å². The van der Waals surface area contributed by atoms with E-state index >= 15 is 0 Å². The molecule has 4 heteroatoms. The predicted molar refractivity (Wildman–Crippen MR) is 58.6 cm³/mol. The van der Waals surface area contributed by atoms with E-state index in [9.17, 15) is 4.79 Å². The molecule has 0 aromatic carbocycles. The zero-order valence-corrected chi connectivity index (χ0v) is 11.0. The van der Waals surface area contributed by atoms with E-state index in [0.29, 0.717) is 0 Å². The highest BCUT2D eigenvalue weighted by atomic mass is 27.2. The lowest BCUT2D eigenvalue weighted by atomic mass is 10.5. The third-order valence-electron chi connectivity index (χ3n) is 1.73. The summed E-state index contributed by atoms with van der Waals surface area (Å²) >= 11 is -1.69. The van der Waals surface area contributed by atoms with Crippen molar-refractivity contribution in [3.63, 3.8) is 0 Å². The minimum Gasteiger partial charge on any atom is -0.494 e. The van der Waals surface area contributed by atoms with Crippen LogP contribution in [0.5, 0.6) is 0 Å². The molecule has 82 valence electrons. The highest BCUT2D eigenvalue weighted by Crippen LogP contribution is 2.02. The van der Waals surface area contributed by atoms with Gasteiger partial charge in [-0.15, -0.1) is 0 Å². The van der Waals surface area contributed by atoms with Gasteiger partial charge in [0, 0.05) is 6.10 Å². The van der Waals surface area contributed by atoms with Crippen molar-refractivity contribution in [1.29, 1.82) is 0 Å². The second-order valence-corrected chi connectivity index (χ2v) is 6.62. The maximum absolute atomic E-state index is 11.6. The third-order valence-corrected chi connectivity index (χ3v) is 4.22. The zero-order valence-electron chi connectivity index (χ0n) is 9.87. The first-order valence-electron chi connectivity index (χ1n) is 5.27. The van der Waals surface area contributed by atoms with Crippen LogP contribution in [0.2, 0.25) is 5.28 Å². The van der Waals surface area contributed by atoms with E-state index in [1.165, 1.54) is 0 Å². The van der Waals surface area contributed by atoms with Crippen LogP contribution < -0.4 is 0 Å². The number of ether oxygens (including phenoxy) is 1. The van der Waals surface area contributed by atoms with Crippen LogP contribution in [0.25, 0.3) is 0 Å². The Morgan fingerprint density at radius 2 is 1.79 bits per heavy atom. The molecule has 0 aromatic rings. The van der Waals surface area contributed by atoms with Gasteiger partial charge in [-0.2, -0.15) is 0 Å². The van der Waals surface area contributed by atoms with Gasteiger partial charge in [0.05, 0.1) is 12.7 Å². The van der Waals surface area contributed by atoms with Crippen LogP contribution in [0.1, 0.15) is 34.6 Å². The number of carbonyl (C=O) groups excluding carboxylic acids is 1. The molecule has 14 heavy (non-hydrogen) atoms. The fourth-order valence-electron chi connectivity index (χ4n) is 1.07. The van der Waals surface area contributed by atoms with Crippen molar-refractivity contribution < 1.29 is 13.3 Å². The molecule has 0 atom stereocenters. The SMILES string of the molecule is C[CH2][Al]([O]C(C)C)[C](=O)COC(C)C. The van der Waals surface area contributed by atoms with E-state index in [-0.39, 0.29) is 23.5 Å². The van der Waals surface area contributed by atoms with Gasteiger partial charge in [0.2, 0.25) is 0 Å². The van der Waals surface area contributed by atoms with Gasteiger partial charge in [0.25, 0.3) is 0 Å². The van der Waals surface area contributed by atoms with Gasteiger partial charge in [-0.1, -0.05) is 12.2 Å². The third kappa shape index (κ3) is 6.56. The Morgan fingerprint density at radius 1 is 1.21 bits per heavy atom. The lowest BCUT2D eigenvalue weighted by Crippen LogP contribution is -2.35. The summed E-state index contributed by atoms with van der Waals surface area (Å²) in [5, 5.41) is 0.846. The summed E-state index contributed by atoms with van der Waals surface area (Å²) in [6.45, 7) is 10.0. The van der Waals surface area contributed by atoms with Crippen LogP contribution in [-0.2, 0) is 13.3 Å². The first-order valence-corrected chi connectivity index (χ1v) is 7.13. The lowest BCUT2D eigenvalue weighted by molar-refractivity contribution is -0.119. The van der Waals surface area contributed by atoms with Gasteiger partial charge in [-0.05, 0) is 27.7 Å². The Bertz CT molecular complexity index is 169. The molecule has 0 unspecified atom stereocenters. The largest absolute Gasteiger partial charge is 0.554 e. The van der Waals surface area contributed by atoms with Gasteiger partial charge in [0.15, 0.2) is 0 Å². The maximum atomic E-state index is 11.6. The van der Waals surface area contributed by atoms with Crippen molar-refractivity contribution in [2.24, 2.45) is 0 Å². The van der Waals surface area contributed by atoms with Crippen molar-refractivity contribution in [3.05, 3.63) is 0 Å². The summed E-state index contributed by atoms with van der Waals surface area (Å²) in [5.74, 6) is 0. The van der Waals surface area contributed by atoms with E-state index in [4.69, 9.17) is 8.53 Å². The first kappa shape index (κ1) is 14.1. The van der Waals surface area contributed by atoms with Crippen molar-refractivity contribution >= 4 is 19.1 Å². The summed E-state index contributed by atoms with van der Waals surface area (Å²) < 4.78 is 11.1. The van der Waals surface area contributed by atoms with E-state index in [2.05, 4.69) is 0 Å². The summed E-state index contributed by atoms with van der Waals surface area (Å²) in [6.07, 6.45) is 0.263. The highest BCUT2D eigenvalue weighted by molar-refractivity contribution is 6.85. The molecule has 0 N–H and O–H groups in total. The fraction of sp³-hybridized carbons (Fsp3) is 0.900. The fourth-order valence-corrected chi connectivity index (χ4v) is 2.81. The van der Waals surface area contributed by atoms with Crippen LogP contribution in [0.4, 0.5) is 0 Å². The zero-order chi connectivity index (χ0) is 11.1. The molecule has 0 amide bonds. The van der Waals surface area contributed by atoms with Crippen LogP contribution in [0, 0.1) is 0 Å². The lowest BCUT2D eigenvalue weighted by Gasteiger charge is -2.14. The normalized spacial score (nSPS) is 11.1. The Labute approximate surface area is 91.5 Å². The Kier molecular flexibility index (Phi) is 7.48. The Morgan fingerprint density at radius 3 is 2.14 bits per heavy atom. The molecule has 0 fully saturated rings. The van der Waals surface area contributed by atoms with Crippen LogP contribution in [0.3, 0.4) is 0 Å². The van der Waals surface area contributed by atoms with E-state index in [1.807, 2.05) is 34.6 Å². The molecule has 0 aliphatic carbocycles. The molecule has 3 nitrogen and oxygen atoms in total. The monoisotopic (exact) mass is 216 g/mol.